The minimum absolute atomic E-state index is 0.0497. The molecule has 0 aliphatic rings. The van der Waals surface area contributed by atoms with Gasteiger partial charge in [0.1, 0.15) is 6.54 Å². The van der Waals surface area contributed by atoms with Gasteiger partial charge in [-0.15, -0.1) is 0 Å². The van der Waals surface area contributed by atoms with E-state index in [1.54, 1.807) is 18.3 Å². The number of fused-ring (bicyclic) bond motifs is 1. The topological polar surface area (TPSA) is 64.0 Å². The standard InChI is InChI=1S/C13H15N3O2/c1-9(2)15-12(17)8-16-13(18)11-6-4-3-5-10(11)7-14-16/h3-7,9H,8H2,1-2H3,(H,15,17). The average molecular weight is 245 g/mol. The molecule has 0 aliphatic heterocycles. The van der Waals surface area contributed by atoms with Crippen LogP contribution in [0.25, 0.3) is 10.8 Å². The summed E-state index contributed by atoms with van der Waals surface area (Å²) in [4.78, 5) is 23.7. The van der Waals surface area contributed by atoms with Crippen LogP contribution in [0, 0.1) is 0 Å². The SMILES string of the molecule is CC(C)NC(=O)Cn1ncc2ccccc2c1=O. The first-order chi connectivity index (χ1) is 8.58. The maximum atomic E-state index is 12.1. The highest BCUT2D eigenvalue weighted by Crippen LogP contribution is 2.06. The number of nitrogens with zero attached hydrogens (tertiary/aromatic N) is 2. The second kappa shape index (κ2) is 5.00. The van der Waals surface area contributed by atoms with Gasteiger partial charge in [-0.3, -0.25) is 9.59 Å². The van der Waals surface area contributed by atoms with Crippen molar-refractivity contribution in [3.63, 3.8) is 0 Å². The summed E-state index contributed by atoms with van der Waals surface area (Å²) in [5.41, 5.74) is -0.244. The largest absolute Gasteiger partial charge is 0.352 e. The molecule has 1 aromatic heterocycles. The van der Waals surface area contributed by atoms with Crippen LogP contribution in [0.5, 0.6) is 0 Å². The summed E-state index contributed by atoms with van der Waals surface area (Å²) in [6.07, 6.45) is 1.60. The molecule has 1 heterocycles. The molecule has 0 saturated heterocycles. The zero-order valence-corrected chi connectivity index (χ0v) is 10.4. The predicted molar refractivity (Wildman–Crippen MR) is 69.3 cm³/mol. The normalized spacial score (nSPS) is 10.8. The Bertz CT molecular complexity index is 631. The Kier molecular flexibility index (Phi) is 3.41. The molecule has 0 spiro atoms. The fourth-order valence-electron chi connectivity index (χ4n) is 1.74. The molecule has 0 radical (unpaired) electrons. The molecular weight excluding hydrogens is 230 g/mol. The summed E-state index contributed by atoms with van der Waals surface area (Å²) in [5.74, 6) is -0.213. The molecule has 0 aliphatic carbocycles. The van der Waals surface area contributed by atoms with Gasteiger partial charge in [0, 0.05) is 11.4 Å². The molecule has 5 nitrogen and oxygen atoms in total. The zero-order chi connectivity index (χ0) is 13.1. The molecule has 0 unspecified atom stereocenters. The summed E-state index contributed by atoms with van der Waals surface area (Å²) in [7, 11) is 0. The van der Waals surface area contributed by atoms with E-state index in [2.05, 4.69) is 10.4 Å². The average Bonchev–Trinajstić information content (AvgIpc) is 2.32. The van der Waals surface area contributed by atoms with Crippen molar-refractivity contribution in [3.05, 3.63) is 40.8 Å². The van der Waals surface area contributed by atoms with Crippen molar-refractivity contribution in [2.75, 3.05) is 0 Å². The van der Waals surface area contributed by atoms with Crippen molar-refractivity contribution in [1.29, 1.82) is 0 Å². The van der Waals surface area contributed by atoms with Gasteiger partial charge in [0.15, 0.2) is 0 Å². The Morgan fingerprint density at radius 2 is 2.11 bits per heavy atom. The van der Waals surface area contributed by atoms with Gasteiger partial charge in [0.25, 0.3) is 5.56 Å². The highest BCUT2D eigenvalue weighted by atomic mass is 16.2. The minimum atomic E-state index is -0.244. The summed E-state index contributed by atoms with van der Waals surface area (Å²) in [5, 5.41) is 8.08. The molecule has 0 saturated carbocycles. The van der Waals surface area contributed by atoms with Gasteiger partial charge in [-0.25, -0.2) is 4.68 Å². The number of aromatic nitrogens is 2. The van der Waals surface area contributed by atoms with Crippen LogP contribution in [0.15, 0.2) is 35.3 Å². The Morgan fingerprint density at radius 3 is 2.83 bits per heavy atom. The minimum Gasteiger partial charge on any atom is -0.352 e. The van der Waals surface area contributed by atoms with Crippen LogP contribution < -0.4 is 10.9 Å². The van der Waals surface area contributed by atoms with Crippen molar-refractivity contribution in [1.82, 2.24) is 15.1 Å². The van der Waals surface area contributed by atoms with Crippen LogP contribution in [0.2, 0.25) is 0 Å². The van der Waals surface area contributed by atoms with Crippen LogP contribution in [0.4, 0.5) is 0 Å². The van der Waals surface area contributed by atoms with E-state index < -0.39 is 0 Å². The number of carbonyl (C=O) groups is 1. The van der Waals surface area contributed by atoms with Crippen LogP contribution in [-0.2, 0) is 11.3 Å². The summed E-state index contributed by atoms with van der Waals surface area (Å²) in [6.45, 7) is 3.69. The molecule has 1 aromatic carbocycles. The van der Waals surface area contributed by atoms with Gasteiger partial charge < -0.3 is 5.32 Å². The molecule has 2 aromatic rings. The maximum Gasteiger partial charge on any atom is 0.275 e. The number of amides is 1. The van der Waals surface area contributed by atoms with Crippen molar-refractivity contribution in [2.24, 2.45) is 0 Å². The van der Waals surface area contributed by atoms with Crippen molar-refractivity contribution < 1.29 is 4.79 Å². The Hall–Kier alpha value is -2.17. The zero-order valence-electron chi connectivity index (χ0n) is 10.4. The fraction of sp³-hybridized carbons (Fsp3) is 0.308. The first-order valence-corrected chi connectivity index (χ1v) is 5.82. The number of carbonyl (C=O) groups excluding carboxylic acids is 1. The van der Waals surface area contributed by atoms with Gasteiger partial charge in [-0.05, 0) is 19.9 Å². The molecular formula is C13H15N3O2. The first-order valence-electron chi connectivity index (χ1n) is 5.82. The third-order valence-electron chi connectivity index (χ3n) is 2.50. The second-order valence-corrected chi connectivity index (χ2v) is 4.42. The summed E-state index contributed by atoms with van der Waals surface area (Å²) >= 11 is 0. The molecule has 0 bridgehead atoms. The van der Waals surface area contributed by atoms with Gasteiger partial charge in [0.2, 0.25) is 5.91 Å². The van der Waals surface area contributed by atoms with E-state index in [0.717, 1.165) is 5.39 Å². The third-order valence-corrected chi connectivity index (χ3v) is 2.50. The predicted octanol–water partition coefficient (Wildman–Crippen LogP) is 0.921. The lowest BCUT2D eigenvalue weighted by Crippen LogP contribution is -2.36. The van der Waals surface area contributed by atoms with E-state index in [4.69, 9.17) is 0 Å². The molecule has 0 atom stereocenters. The number of hydrogen-bond donors (Lipinski definition) is 1. The number of rotatable bonds is 3. The van der Waals surface area contributed by atoms with Gasteiger partial charge >= 0.3 is 0 Å². The molecule has 5 heteroatoms. The molecule has 1 N–H and O–H groups in total. The van der Waals surface area contributed by atoms with Gasteiger partial charge in [0.05, 0.1) is 11.6 Å². The smallest absolute Gasteiger partial charge is 0.275 e. The molecule has 0 fully saturated rings. The molecule has 2 rings (SSSR count). The molecule has 94 valence electrons. The molecule has 18 heavy (non-hydrogen) atoms. The summed E-state index contributed by atoms with van der Waals surface area (Å²) in [6, 6.07) is 7.24. The second-order valence-electron chi connectivity index (χ2n) is 4.42. The Morgan fingerprint density at radius 1 is 1.39 bits per heavy atom. The van der Waals surface area contributed by atoms with Gasteiger partial charge in [-0.1, -0.05) is 18.2 Å². The van der Waals surface area contributed by atoms with Gasteiger partial charge in [-0.2, -0.15) is 5.10 Å². The van der Waals surface area contributed by atoms with E-state index in [0.29, 0.717) is 5.39 Å². The quantitative estimate of drug-likeness (QED) is 0.874. The fourth-order valence-corrected chi connectivity index (χ4v) is 1.74. The lowest BCUT2D eigenvalue weighted by molar-refractivity contribution is -0.122. The highest BCUT2D eigenvalue weighted by molar-refractivity contribution is 5.81. The van der Waals surface area contributed by atoms with Crippen LogP contribution in [0.3, 0.4) is 0 Å². The van der Waals surface area contributed by atoms with E-state index >= 15 is 0 Å². The van der Waals surface area contributed by atoms with E-state index in [9.17, 15) is 9.59 Å². The first kappa shape index (κ1) is 12.3. The lowest BCUT2D eigenvalue weighted by atomic mass is 10.2. The van der Waals surface area contributed by atoms with E-state index in [-0.39, 0.29) is 24.1 Å². The lowest BCUT2D eigenvalue weighted by Gasteiger charge is -2.09. The monoisotopic (exact) mass is 245 g/mol. The summed E-state index contributed by atoms with van der Waals surface area (Å²) < 4.78 is 1.18. The maximum absolute atomic E-state index is 12.1. The van der Waals surface area contributed by atoms with Crippen molar-refractivity contribution in [2.45, 2.75) is 26.4 Å². The van der Waals surface area contributed by atoms with Crippen LogP contribution in [0.1, 0.15) is 13.8 Å². The molecule has 1 amide bonds. The third kappa shape index (κ3) is 2.56. The highest BCUT2D eigenvalue weighted by Gasteiger charge is 2.08. The number of benzene rings is 1. The van der Waals surface area contributed by atoms with Crippen molar-refractivity contribution >= 4 is 16.7 Å². The van der Waals surface area contributed by atoms with Crippen molar-refractivity contribution in [3.8, 4) is 0 Å². The Labute approximate surface area is 104 Å². The number of hydrogen-bond acceptors (Lipinski definition) is 3. The van der Waals surface area contributed by atoms with E-state index in [1.165, 1.54) is 4.68 Å². The van der Waals surface area contributed by atoms with E-state index in [1.807, 2.05) is 26.0 Å². The number of nitrogens with one attached hydrogen (secondary N) is 1. The Balaban J connectivity index is 2.32. The van der Waals surface area contributed by atoms with Crippen LogP contribution >= 0.6 is 0 Å². The van der Waals surface area contributed by atoms with Crippen LogP contribution in [-0.4, -0.2) is 21.7 Å².